The Morgan fingerprint density at radius 1 is 1.00 bits per heavy atom. The summed E-state index contributed by atoms with van der Waals surface area (Å²) in [6, 6.07) is 1.36. The minimum atomic E-state index is -5.14. The predicted octanol–water partition coefficient (Wildman–Crippen LogP) is 7.00. The number of hydrogen-bond acceptors (Lipinski definition) is 7. The van der Waals surface area contributed by atoms with E-state index in [1.165, 1.54) is 0 Å². The molecule has 19 heteroatoms. The van der Waals surface area contributed by atoms with E-state index in [9.17, 15) is 40.3 Å². The first-order valence-electron chi connectivity index (χ1n) is 14.5. The molecule has 0 radical (unpaired) electrons. The van der Waals surface area contributed by atoms with Gasteiger partial charge in [-0.2, -0.15) is 31.4 Å². The smallest absolute Gasteiger partial charge is 0.374 e. The first-order chi connectivity index (χ1) is 22.7. The highest BCUT2D eigenvalue weighted by Gasteiger charge is 2.39. The van der Waals surface area contributed by atoms with Crippen molar-refractivity contribution in [1.82, 2.24) is 24.3 Å². The van der Waals surface area contributed by atoms with Crippen LogP contribution in [-0.4, -0.2) is 45.0 Å². The molecule has 3 aromatic heterocycles. The fourth-order valence-electron chi connectivity index (χ4n) is 4.45. The average molecular weight is 721 g/mol. The summed E-state index contributed by atoms with van der Waals surface area (Å²) in [4.78, 5) is 32.5. The topological polar surface area (TPSA) is 104 Å². The summed E-state index contributed by atoms with van der Waals surface area (Å²) < 4.78 is 132. The van der Waals surface area contributed by atoms with Crippen LogP contribution in [0.4, 0.5) is 45.2 Å². The highest BCUT2D eigenvalue weighted by Crippen LogP contribution is 2.33. The van der Waals surface area contributed by atoms with E-state index in [2.05, 4.69) is 40.0 Å². The van der Waals surface area contributed by atoms with Gasteiger partial charge in [0.05, 0.1) is 34.4 Å². The van der Waals surface area contributed by atoms with E-state index in [0.717, 1.165) is 35.9 Å². The molecule has 0 saturated heterocycles. The number of benzene rings is 1. The Balaban J connectivity index is 1.55. The van der Waals surface area contributed by atoms with Gasteiger partial charge in [-0.15, -0.1) is 0 Å². The lowest BCUT2D eigenvalue weighted by molar-refractivity contribution is -0.139. The molecule has 3 heterocycles. The number of aromatic nitrogens is 5. The van der Waals surface area contributed by atoms with E-state index in [1.807, 2.05) is 0 Å². The quantitative estimate of drug-likeness (QED) is 0.101. The SMILES string of the molecule is CC(Nc1cnn(COCC[Si](C)(C)C)c(=O)c1C(F)(F)F)C(F)=CCn1ccc2cc(-c3ncc(C(F)(F)F)cn3)c(F)c(F)c2c1=O. The maximum atomic E-state index is 15.1. The molecule has 1 N–H and O–H groups in total. The van der Waals surface area contributed by atoms with Crippen molar-refractivity contribution in [2.45, 2.75) is 64.3 Å². The number of pyridine rings is 1. The second-order valence-corrected chi connectivity index (χ2v) is 17.7. The van der Waals surface area contributed by atoms with Crippen LogP contribution in [0.1, 0.15) is 18.1 Å². The normalized spacial score (nSPS) is 13.6. The molecule has 49 heavy (non-hydrogen) atoms. The number of hydrogen-bond donors (Lipinski definition) is 1. The van der Waals surface area contributed by atoms with Gasteiger partial charge in [0.2, 0.25) is 0 Å². The third-order valence-electron chi connectivity index (χ3n) is 7.17. The Kier molecular flexibility index (Phi) is 10.8. The standard InChI is InChI=1S/C30H29F9N6O3Si/c1-16(43-21-14-42-45(15-48-9-10-49(2,3)4)28(47)23(21)30(37,38)39)20(31)6-8-44-7-5-17-11-19(24(32)25(33)22(17)27(44)46)26-40-12-18(13-41-26)29(34,35)36/h5-7,11-14,16,43H,8-10,15H2,1-4H3. The fourth-order valence-corrected chi connectivity index (χ4v) is 5.21. The number of ether oxygens (including phenoxy) is 1. The van der Waals surface area contributed by atoms with Crippen LogP contribution in [0.15, 0.2) is 58.4 Å². The Bertz CT molecular complexity index is 1990. The van der Waals surface area contributed by atoms with Gasteiger partial charge in [-0.25, -0.2) is 27.8 Å². The molecule has 0 aliphatic rings. The van der Waals surface area contributed by atoms with Crippen molar-refractivity contribution in [3.05, 3.63) is 92.3 Å². The summed E-state index contributed by atoms with van der Waals surface area (Å²) in [5, 5.41) is 5.04. The molecule has 0 aliphatic heterocycles. The Morgan fingerprint density at radius 3 is 2.24 bits per heavy atom. The van der Waals surface area contributed by atoms with Gasteiger partial charge in [0.15, 0.2) is 17.5 Å². The Hall–Kier alpha value is -4.52. The summed E-state index contributed by atoms with van der Waals surface area (Å²) in [7, 11) is -1.50. The largest absolute Gasteiger partial charge is 0.423 e. The lowest BCUT2D eigenvalue weighted by atomic mass is 10.1. The van der Waals surface area contributed by atoms with Gasteiger partial charge in [-0.1, -0.05) is 19.6 Å². The molecular formula is C30H29F9N6O3Si. The van der Waals surface area contributed by atoms with Crippen LogP contribution in [0.3, 0.4) is 0 Å². The zero-order valence-electron chi connectivity index (χ0n) is 26.3. The van der Waals surface area contributed by atoms with Crippen molar-refractivity contribution in [1.29, 1.82) is 0 Å². The van der Waals surface area contributed by atoms with Crippen molar-refractivity contribution >= 4 is 24.5 Å². The first kappa shape index (κ1) is 37.3. The molecule has 0 spiro atoms. The maximum Gasteiger partial charge on any atom is 0.423 e. The highest BCUT2D eigenvalue weighted by molar-refractivity contribution is 6.76. The number of halogens is 9. The summed E-state index contributed by atoms with van der Waals surface area (Å²) in [5.74, 6) is -4.91. The lowest BCUT2D eigenvalue weighted by Crippen LogP contribution is -2.34. The molecule has 264 valence electrons. The number of fused-ring (bicyclic) bond motifs is 1. The van der Waals surface area contributed by atoms with Crippen LogP contribution >= 0.6 is 0 Å². The number of anilines is 1. The number of rotatable bonds is 11. The molecule has 4 aromatic rings. The highest BCUT2D eigenvalue weighted by atomic mass is 28.3. The van der Waals surface area contributed by atoms with Gasteiger partial charge in [0, 0.05) is 39.8 Å². The van der Waals surface area contributed by atoms with E-state index >= 15 is 8.78 Å². The third kappa shape index (κ3) is 8.75. The zero-order valence-corrected chi connectivity index (χ0v) is 27.3. The average Bonchev–Trinajstić information content (AvgIpc) is 2.99. The first-order valence-corrected chi connectivity index (χ1v) is 18.2. The number of nitrogens with one attached hydrogen (secondary N) is 1. The van der Waals surface area contributed by atoms with E-state index in [0.29, 0.717) is 29.3 Å². The van der Waals surface area contributed by atoms with Crippen LogP contribution < -0.4 is 16.4 Å². The molecule has 4 rings (SSSR count). The summed E-state index contributed by atoms with van der Waals surface area (Å²) >= 11 is 0. The fraction of sp³-hybridized carbons (Fsp3) is 0.367. The molecular weight excluding hydrogens is 691 g/mol. The molecule has 0 fully saturated rings. The van der Waals surface area contributed by atoms with Crippen molar-refractivity contribution in [2.75, 3.05) is 11.9 Å². The molecule has 1 aromatic carbocycles. The summed E-state index contributed by atoms with van der Waals surface area (Å²) in [6.45, 7) is 6.48. The van der Waals surface area contributed by atoms with Crippen LogP contribution in [0, 0.1) is 11.6 Å². The summed E-state index contributed by atoms with van der Waals surface area (Å²) in [5.41, 5.74) is -6.88. The van der Waals surface area contributed by atoms with Gasteiger partial charge in [-0.05, 0) is 36.6 Å². The number of allylic oxidation sites excluding steroid dienone is 1. The minimum absolute atomic E-state index is 0.165. The number of alkyl halides is 6. The van der Waals surface area contributed by atoms with Crippen molar-refractivity contribution < 1.29 is 44.3 Å². The van der Waals surface area contributed by atoms with Crippen LogP contribution in [0.25, 0.3) is 22.2 Å². The monoisotopic (exact) mass is 720 g/mol. The van der Waals surface area contributed by atoms with Crippen molar-refractivity contribution in [3.8, 4) is 11.4 Å². The number of nitrogens with zero attached hydrogens (tertiary/aromatic N) is 5. The van der Waals surface area contributed by atoms with Gasteiger partial charge in [0.1, 0.15) is 18.1 Å². The van der Waals surface area contributed by atoms with Gasteiger partial charge in [-0.3, -0.25) is 9.59 Å². The third-order valence-corrected chi connectivity index (χ3v) is 8.88. The molecule has 0 saturated carbocycles. The lowest BCUT2D eigenvalue weighted by Gasteiger charge is -2.19. The molecule has 9 nitrogen and oxygen atoms in total. The van der Waals surface area contributed by atoms with Crippen LogP contribution in [-0.2, 0) is 30.4 Å². The zero-order chi connectivity index (χ0) is 36.5. The van der Waals surface area contributed by atoms with Gasteiger partial charge < -0.3 is 14.6 Å². The maximum absolute atomic E-state index is 15.1. The second-order valence-electron chi connectivity index (χ2n) is 12.1. The van der Waals surface area contributed by atoms with Gasteiger partial charge in [0.25, 0.3) is 11.1 Å². The minimum Gasteiger partial charge on any atom is -0.374 e. The second kappa shape index (κ2) is 14.1. The molecule has 0 bridgehead atoms. The van der Waals surface area contributed by atoms with E-state index in [4.69, 9.17) is 4.74 Å². The summed E-state index contributed by atoms with van der Waals surface area (Å²) in [6.07, 6.45) is -6.52. The van der Waals surface area contributed by atoms with Crippen LogP contribution in [0.5, 0.6) is 0 Å². The molecule has 1 atom stereocenters. The van der Waals surface area contributed by atoms with Crippen molar-refractivity contribution in [2.24, 2.45) is 0 Å². The van der Waals surface area contributed by atoms with E-state index in [1.54, 1.807) is 0 Å². The predicted molar refractivity (Wildman–Crippen MR) is 164 cm³/mol. The van der Waals surface area contributed by atoms with Crippen LogP contribution in [0.2, 0.25) is 25.7 Å². The molecule has 0 amide bonds. The molecule has 0 aliphatic carbocycles. The Labute approximate surface area is 273 Å². The van der Waals surface area contributed by atoms with Crippen molar-refractivity contribution in [3.63, 3.8) is 0 Å². The molecule has 1 unspecified atom stereocenters. The Morgan fingerprint density at radius 2 is 1.65 bits per heavy atom. The van der Waals surface area contributed by atoms with E-state index in [-0.39, 0.29) is 12.0 Å². The van der Waals surface area contributed by atoms with E-state index < -0.39 is 102 Å². The van der Waals surface area contributed by atoms with Gasteiger partial charge >= 0.3 is 12.4 Å².